The molecule has 2 N–H and O–H groups in total. The molecule has 2 aromatic rings. The summed E-state index contributed by atoms with van der Waals surface area (Å²) in [7, 11) is 0. The molecule has 1 aliphatic rings. The van der Waals surface area contributed by atoms with Crippen LogP contribution in [-0.4, -0.2) is 55.4 Å². The smallest absolute Gasteiger partial charge is 0.191 e. The predicted octanol–water partition coefficient (Wildman–Crippen LogP) is 3.30. The molecule has 1 fully saturated rings. The highest BCUT2D eigenvalue weighted by Gasteiger charge is 2.24. The van der Waals surface area contributed by atoms with Crippen LogP contribution in [0.5, 0.6) is 0 Å². The maximum atomic E-state index is 5.57. The summed E-state index contributed by atoms with van der Waals surface area (Å²) >= 11 is 1.87. The van der Waals surface area contributed by atoms with Gasteiger partial charge in [-0.3, -0.25) is 4.90 Å². The van der Waals surface area contributed by atoms with Crippen molar-refractivity contribution in [1.82, 2.24) is 20.7 Å². The summed E-state index contributed by atoms with van der Waals surface area (Å²) in [5, 5.41) is 11.2. The highest BCUT2D eigenvalue weighted by molar-refractivity contribution is 7.12. The molecule has 8 heteroatoms. The van der Waals surface area contributed by atoms with Gasteiger partial charge in [0.05, 0.1) is 31.5 Å². The third kappa shape index (κ3) is 5.83. The van der Waals surface area contributed by atoms with Crippen molar-refractivity contribution in [3.63, 3.8) is 0 Å². The first-order chi connectivity index (χ1) is 14.7. The minimum atomic E-state index is 0.310. The van der Waals surface area contributed by atoms with E-state index in [9.17, 15) is 0 Å². The van der Waals surface area contributed by atoms with E-state index in [0.717, 1.165) is 75.2 Å². The normalized spacial score (nSPS) is 16.6. The number of nitrogens with one attached hydrogen (secondary N) is 2. The number of aromatic nitrogens is 1. The number of guanidine groups is 1. The number of aliphatic imine (C=N–C) groups is 1. The van der Waals surface area contributed by atoms with Crippen molar-refractivity contribution in [2.75, 3.05) is 39.4 Å². The van der Waals surface area contributed by atoms with Crippen molar-refractivity contribution in [1.29, 1.82) is 0 Å². The molecule has 0 aliphatic carbocycles. The summed E-state index contributed by atoms with van der Waals surface area (Å²) in [6, 6.07) is 4.77. The molecular weight excluding hydrogens is 398 g/mol. The van der Waals surface area contributed by atoms with Crippen molar-refractivity contribution < 1.29 is 9.26 Å². The molecular formula is C22H35N5O2S. The summed E-state index contributed by atoms with van der Waals surface area (Å²) in [4.78, 5) is 10.1. The van der Waals surface area contributed by atoms with Gasteiger partial charge < -0.3 is 19.9 Å². The Bertz CT molecular complexity index is 789. The standard InChI is InChI=1S/C22H35N5O2S/c1-5-18-17(20(6-2)29-26-18)14-24-22(23-7-3)25-15-19(21-9-8-16(4)30-21)27-10-12-28-13-11-27/h8-9,19H,5-7,10-15H2,1-4H3,(H2,23,24,25). The molecule has 0 bridgehead atoms. The predicted molar refractivity (Wildman–Crippen MR) is 122 cm³/mol. The second kappa shape index (κ2) is 11.5. The van der Waals surface area contributed by atoms with E-state index >= 15 is 0 Å². The molecule has 1 atom stereocenters. The van der Waals surface area contributed by atoms with Gasteiger partial charge >= 0.3 is 0 Å². The number of aryl methyl sites for hydroxylation is 3. The number of hydrogen-bond acceptors (Lipinski definition) is 6. The molecule has 1 aliphatic heterocycles. The average Bonchev–Trinajstić information content (AvgIpc) is 3.38. The Morgan fingerprint density at radius 2 is 2.00 bits per heavy atom. The molecule has 0 radical (unpaired) electrons. The lowest BCUT2D eigenvalue weighted by atomic mass is 10.1. The zero-order valence-electron chi connectivity index (χ0n) is 18.7. The number of nitrogens with zero attached hydrogens (tertiary/aromatic N) is 3. The van der Waals surface area contributed by atoms with E-state index in [1.54, 1.807) is 0 Å². The fourth-order valence-corrected chi connectivity index (χ4v) is 4.75. The highest BCUT2D eigenvalue weighted by atomic mass is 32.1. The van der Waals surface area contributed by atoms with Gasteiger partial charge in [-0.05, 0) is 32.4 Å². The number of hydrogen-bond donors (Lipinski definition) is 2. The molecule has 3 heterocycles. The van der Waals surface area contributed by atoms with E-state index in [4.69, 9.17) is 14.3 Å². The monoisotopic (exact) mass is 433 g/mol. The Labute approximate surface area is 183 Å². The second-order valence-corrected chi connectivity index (χ2v) is 8.75. The number of ether oxygens (including phenoxy) is 1. The molecule has 0 spiro atoms. The third-order valence-corrected chi connectivity index (χ3v) is 6.49. The highest BCUT2D eigenvalue weighted by Crippen LogP contribution is 2.28. The van der Waals surface area contributed by atoms with Crippen LogP contribution in [0.15, 0.2) is 21.6 Å². The van der Waals surface area contributed by atoms with Gasteiger partial charge in [0.1, 0.15) is 5.76 Å². The molecule has 0 aromatic carbocycles. The fourth-order valence-electron chi connectivity index (χ4n) is 3.74. The Kier molecular flexibility index (Phi) is 8.72. The SMILES string of the molecule is CCNC(=NCc1c(CC)noc1CC)NCC(c1ccc(C)s1)N1CCOCC1. The van der Waals surface area contributed by atoms with Crippen LogP contribution in [-0.2, 0) is 24.1 Å². The van der Waals surface area contributed by atoms with Crippen LogP contribution in [0.1, 0.15) is 53.6 Å². The van der Waals surface area contributed by atoms with Gasteiger partial charge in [0.25, 0.3) is 0 Å². The lowest BCUT2D eigenvalue weighted by Gasteiger charge is -2.34. The van der Waals surface area contributed by atoms with Crippen LogP contribution in [0.4, 0.5) is 0 Å². The molecule has 7 nitrogen and oxygen atoms in total. The van der Waals surface area contributed by atoms with Crippen LogP contribution >= 0.6 is 11.3 Å². The van der Waals surface area contributed by atoms with E-state index in [1.165, 1.54) is 9.75 Å². The lowest BCUT2D eigenvalue weighted by molar-refractivity contribution is 0.0177. The first-order valence-electron chi connectivity index (χ1n) is 11.0. The summed E-state index contributed by atoms with van der Waals surface area (Å²) < 4.78 is 11.1. The van der Waals surface area contributed by atoms with E-state index in [-0.39, 0.29) is 0 Å². The molecule has 0 amide bonds. The van der Waals surface area contributed by atoms with Gasteiger partial charge in [0.2, 0.25) is 0 Å². The topological polar surface area (TPSA) is 74.9 Å². The van der Waals surface area contributed by atoms with Crippen molar-refractivity contribution >= 4 is 17.3 Å². The fraction of sp³-hybridized carbons (Fsp3) is 0.636. The molecule has 2 aromatic heterocycles. The Hall–Kier alpha value is -1.90. The van der Waals surface area contributed by atoms with Crippen LogP contribution in [0, 0.1) is 6.92 Å². The molecule has 1 saturated heterocycles. The maximum absolute atomic E-state index is 5.57. The van der Waals surface area contributed by atoms with Gasteiger partial charge in [0, 0.05) is 47.9 Å². The molecule has 30 heavy (non-hydrogen) atoms. The quantitative estimate of drug-likeness (QED) is 0.467. The van der Waals surface area contributed by atoms with Crippen LogP contribution in [0.25, 0.3) is 0 Å². The zero-order valence-corrected chi connectivity index (χ0v) is 19.5. The minimum Gasteiger partial charge on any atom is -0.379 e. The van der Waals surface area contributed by atoms with Gasteiger partial charge in [-0.25, -0.2) is 4.99 Å². The van der Waals surface area contributed by atoms with Crippen molar-refractivity contribution in [3.05, 3.63) is 38.9 Å². The van der Waals surface area contributed by atoms with E-state index in [0.29, 0.717) is 12.6 Å². The molecule has 1 unspecified atom stereocenters. The Morgan fingerprint density at radius 3 is 2.63 bits per heavy atom. The lowest BCUT2D eigenvalue weighted by Crippen LogP contribution is -2.46. The van der Waals surface area contributed by atoms with Crippen LogP contribution in [0.3, 0.4) is 0 Å². The minimum absolute atomic E-state index is 0.310. The summed E-state index contributed by atoms with van der Waals surface area (Å²) in [6.45, 7) is 14.1. The first kappa shape index (κ1) is 22.8. The number of rotatable bonds is 9. The Morgan fingerprint density at radius 1 is 1.20 bits per heavy atom. The Balaban J connectivity index is 1.72. The number of thiophene rings is 1. The van der Waals surface area contributed by atoms with E-state index in [2.05, 4.69) is 60.5 Å². The van der Waals surface area contributed by atoms with Gasteiger partial charge in [-0.15, -0.1) is 11.3 Å². The second-order valence-electron chi connectivity index (χ2n) is 7.43. The van der Waals surface area contributed by atoms with E-state index < -0.39 is 0 Å². The van der Waals surface area contributed by atoms with Crippen molar-refractivity contribution in [2.45, 2.75) is 53.1 Å². The summed E-state index contributed by atoms with van der Waals surface area (Å²) in [5.41, 5.74) is 2.13. The van der Waals surface area contributed by atoms with Crippen LogP contribution < -0.4 is 10.6 Å². The first-order valence-corrected chi connectivity index (χ1v) is 11.8. The van der Waals surface area contributed by atoms with Gasteiger partial charge in [-0.2, -0.15) is 0 Å². The van der Waals surface area contributed by atoms with E-state index in [1.807, 2.05) is 11.3 Å². The molecule has 166 valence electrons. The van der Waals surface area contributed by atoms with Gasteiger partial charge in [0.15, 0.2) is 5.96 Å². The largest absolute Gasteiger partial charge is 0.379 e. The van der Waals surface area contributed by atoms with Gasteiger partial charge in [-0.1, -0.05) is 19.0 Å². The van der Waals surface area contributed by atoms with Crippen molar-refractivity contribution in [2.24, 2.45) is 4.99 Å². The zero-order chi connectivity index (χ0) is 21.3. The number of morpholine rings is 1. The molecule has 3 rings (SSSR count). The third-order valence-electron chi connectivity index (χ3n) is 5.39. The summed E-state index contributed by atoms with van der Waals surface area (Å²) in [5.74, 6) is 1.76. The maximum Gasteiger partial charge on any atom is 0.191 e. The van der Waals surface area contributed by atoms with Crippen molar-refractivity contribution in [3.8, 4) is 0 Å². The summed E-state index contributed by atoms with van der Waals surface area (Å²) in [6.07, 6.45) is 1.69. The average molecular weight is 434 g/mol. The van der Waals surface area contributed by atoms with Crippen LogP contribution in [0.2, 0.25) is 0 Å². The molecule has 0 saturated carbocycles.